The molecule has 4 heteroatoms. The summed E-state index contributed by atoms with van der Waals surface area (Å²) in [5, 5.41) is 0. The zero-order chi connectivity index (χ0) is 27.4. The van der Waals surface area contributed by atoms with Crippen molar-refractivity contribution in [1.82, 2.24) is 0 Å². The lowest BCUT2D eigenvalue weighted by molar-refractivity contribution is -0.00936. The van der Waals surface area contributed by atoms with Gasteiger partial charge in [-0.2, -0.15) is 0 Å². The van der Waals surface area contributed by atoms with Gasteiger partial charge >= 0.3 is 0 Å². The van der Waals surface area contributed by atoms with Crippen LogP contribution >= 0.6 is 0 Å². The van der Waals surface area contributed by atoms with Gasteiger partial charge in [-0.05, 0) is 123 Å². The van der Waals surface area contributed by atoms with Crippen LogP contribution in [0.1, 0.15) is 102 Å². The van der Waals surface area contributed by atoms with Crippen LogP contribution in [-0.2, 0) is 15.9 Å². The first-order chi connectivity index (χ1) is 17.6. The lowest BCUT2D eigenvalue weighted by atomic mass is 9.85. The molecule has 0 saturated heterocycles. The zero-order valence-corrected chi connectivity index (χ0v) is 25.1. The molecule has 0 fully saturated rings. The quantitative estimate of drug-likeness (QED) is 0.134. The minimum absolute atomic E-state index is 0.138. The molecule has 0 bridgehead atoms. The Morgan fingerprint density at radius 2 is 1.51 bits per heavy atom. The Morgan fingerprint density at radius 3 is 2.16 bits per heavy atom. The van der Waals surface area contributed by atoms with Crippen molar-refractivity contribution in [2.45, 2.75) is 112 Å². The topological polar surface area (TPSA) is 36.9 Å². The second-order valence-electron chi connectivity index (χ2n) is 11.2. The average Bonchev–Trinajstić information content (AvgIpc) is 2.84. The number of rotatable bonds is 15. The van der Waals surface area contributed by atoms with Crippen LogP contribution in [0.25, 0.3) is 0 Å². The van der Waals surface area contributed by atoms with Crippen LogP contribution in [-0.4, -0.2) is 32.7 Å². The maximum Gasteiger partial charge on any atom is 0.189 e. The van der Waals surface area contributed by atoms with Crippen molar-refractivity contribution in [3.8, 4) is 11.5 Å². The van der Waals surface area contributed by atoms with Gasteiger partial charge in [-0.15, -0.1) is 0 Å². The minimum atomic E-state index is -0.138. The van der Waals surface area contributed by atoms with Crippen LogP contribution < -0.4 is 9.47 Å². The second kappa shape index (κ2) is 15.4. The van der Waals surface area contributed by atoms with Crippen molar-refractivity contribution in [1.29, 1.82) is 0 Å². The Bertz CT molecular complexity index is 965. The molecule has 0 N–H and O–H groups in total. The highest BCUT2D eigenvalue weighted by atomic mass is 16.7. The van der Waals surface area contributed by atoms with E-state index in [1.807, 2.05) is 0 Å². The summed E-state index contributed by atoms with van der Waals surface area (Å²) in [5.41, 5.74) is 9.02. The van der Waals surface area contributed by atoms with Crippen LogP contribution in [0, 0.1) is 20.8 Å². The zero-order valence-electron chi connectivity index (χ0n) is 25.1. The largest absolute Gasteiger partial charge is 0.487 e. The maximum atomic E-state index is 6.73. The van der Waals surface area contributed by atoms with Crippen molar-refractivity contribution in [3.63, 3.8) is 0 Å². The van der Waals surface area contributed by atoms with Crippen molar-refractivity contribution in [3.05, 3.63) is 57.2 Å². The van der Waals surface area contributed by atoms with Crippen molar-refractivity contribution in [2.24, 2.45) is 0 Å². The standard InChI is InChI=1S/C33H52O4/c1-24(2)13-10-14-25(3)15-11-16-26(4)17-12-19-33(8)20-18-30-29(7)31(36-23-35-22-21-34-9)27(5)28(6)32(30)37-33/h13,15,17H,10-12,14,16,18-23H2,1-9H3/b25-15+,26-17+. The van der Waals surface area contributed by atoms with E-state index < -0.39 is 0 Å². The van der Waals surface area contributed by atoms with Gasteiger partial charge in [-0.25, -0.2) is 0 Å². The van der Waals surface area contributed by atoms with Crippen LogP contribution in [0.15, 0.2) is 34.9 Å². The molecule has 1 aromatic rings. The molecule has 1 aliphatic heterocycles. The molecule has 2 rings (SSSR count). The molecule has 1 aromatic carbocycles. The van der Waals surface area contributed by atoms with E-state index in [1.165, 1.54) is 39.8 Å². The summed E-state index contributed by atoms with van der Waals surface area (Å²) in [7, 11) is 1.67. The molecule has 37 heavy (non-hydrogen) atoms. The number of benzene rings is 1. The molecule has 1 unspecified atom stereocenters. The van der Waals surface area contributed by atoms with Crippen molar-refractivity contribution < 1.29 is 18.9 Å². The fraction of sp³-hybridized carbons (Fsp3) is 0.636. The molecule has 0 aromatic heterocycles. The monoisotopic (exact) mass is 512 g/mol. The fourth-order valence-corrected chi connectivity index (χ4v) is 4.94. The highest BCUT2D eigenvalue weighted by molar-refractivity contribution is 5.59. The number of allylic oxidation sites excluding steroid dienone is 6. The Morgan fingerprint density at radius 1 is 0.865 bits per heavy atom. The molecule has 1 atom stereocenters. The molecule has 1 heterocycles. The second-order valence-corrected chi connectivity index (χ2v) is 11.2. The number of hydrogen-bond acceptors (Lipinski definition) is 4. The predicted molar refractivity (Wildman–Crippen MR) is 156 cm³/mol. The third-order valence-corrected chi connectivity index (χ3v) is 7.57. The van der Waals surface area contributed by atoms with E-state index in [0.717, 1.165) is 62.0 Å². The Balaban J connectivity index is 1.92. The Hall–Kier alpha value is -2.04. The fourth-order valence-electron chi connectivity index (χ4n) is 4.94. The summed E-state index contributed by atoms with van der Waals surface area (Å²) in [4.78, 5) is 0. The summed E-state index contributed by atoms with van der Waals surface area (Å²) >= 11 is 0. The first kappa shape index (κ1) is 31.2. The first-order valence-electron chi connectivity index (χ1n) is 14.0. The lowest BCUT2D eigenvalue weighted by Gasteiger charge is -2.38. The van der Waals surface area contributed by atoms with Crippen molar-refractivity contribution >= 4 is 0 Å². The van der Waals surface area contributed by atoms with Crippen LogP contribution in [0.4, 0.5) is 0 Å². The van der Waals surface area contributed by atoms with Gasteiger partial charge in [0.2, 0.25) is 0 Å². The van der Waals surface area contributed by atoms with Gasteiger partial charge in [-0.3, -0.25) is 0 Å². The molecular weight excluding hydrogens is 460 g/mol. The van der Waals surface area contributed by atoms with E-state index in [9.17, 15) is 0 Å². The molecule has 0 spiro atoms. The van der Waals surface area contributed by atoms with Gasteiger partial charge < -0.3 is 18.9 Å². The predicted octanol–water partition coefficient (Wildman–Crippen LogP) is 8.89. The number of methoxy groups -OCH3 is 1. The summed E-state index contributed by atoms with van der Waals surface area (Å²) in [6.07, 6.45) is 15.9. The number of hydrogen-bond donors (Lipinski definition) is 0. The SMILES string of the molecule is COCCOCOc1c(C)c(C)c2c(c1C)CCC(C)(CC/C=C(\C)CC/C=C(\C)CCC=C(C)C)O2. The molecule has 0 saturated carbocycles. The minimum Gasteiger partial charge on any atom is -0.487 e. The van der Waals surface area contributed by atoms with Crippen LogP contribution in [0.3, 0.4) is 0 Å². The van der Waals surface area contributed by atoms with E-state index in [4.69, 9.17) is 18.9 Å². The van der Waals surface area contributed by atoms with Crippen LogP contribution in [0.2, 0.25) is 0 Å². The third-order valence-electron chi connectivity index (χ3n) is 7.57. The molecule has 0 radical (unpaired) electrons. The highest BCUT2D eigenvalue weighted by Crippen LogP contribution is 2.44. The van der Waals surface area contributed by atoms with E-state index >= 15 is 0 Å². The molecule has 0 amide bonds. The highest BCUT2D eigenvalue weighted by Gasteiger charge is 2.34. The number of fused-ring (bicyclic) bond motifs is 1. The maximum absolute atomic E-state index is 6.73. The first-order valence-corrected chi connectivity index (χ1v) is 14.0. The normalized spacial score (nSPS) is 17.9. The van der Waals surface area contributed by atoms with Crippen LogP contribution in [0.5, 0.6) is 11.5 Å². The van der Waals surface area contributed by atoms with E-state index in [2.05, 4.69) is 73.6 Å². The molecule has 208 valence electrons. The summed E-state index contributed by atoms with van der Waals surface area (Å²) in [5.74, 6) is 1.99. The summed E-state index contributed by atoms with van der Waals surface area (Å²) in [6.45, 7) is 18.9. The van der Waals surface area contributed by atoms with Gasteiger partial charge in [0.15, 0.2) is 6.79 Å². The smallest absolute Gasteiger partial charge is 0.189 e. The van der Waals surface area contributed by atoms with E-state index in [1.54, 1.807) is 7.11 Å². The molecule has 1 aliphatic rings. The average molecular weight is 513 g/mol. The molecular formula is C33H52O4. The van der Waals surface area contributed by atoms with Crippen molar-refractivity contribution in [2.75, 3.05) is 27.1 Å². The van der Waals surface area contributed by atoms with Gasteiger partial charge in [-0.1, -0.05) is 34.9 Å². The van der Waals surface area contributed by atoms with E-state index in [-0.39, 0.29) is 12.4 Å². The molecule has 0 aliphatic carbocycles. The number of ether oxygens (including phenoxy) is 4. The van der Waals surface area contributed by atoms with E-state index in [0.29, 0.717) is 13.2 Å². The van der Waals surface area contributed by atoms with Gasteiger partial charge in [0.05, 0.1) is 13.2 Å². The molecule has 4 nitrogen and oxygen atoms in total. The third kappa shape index (κ3) is 9.98. The van der Waals surface area contributed by atoms with Gasteiger partial charge in [0, 0.05) is 12.7 Å². The van der Waals surface area contributed by atoms with Gasteiger partial charge in [0.1, 0.15) is 17.1 Å². The Kier molecular flexibility index (Phi) is 13.0. The Labute approximate surface area is 227 Å². The summed E-state index contributed by atoms with van der Waals surface area (Å²) < 4.78 is 23.3. The van der Waals surface area contributed by atoms with Gasteiger partial charge in [0.25, 0.3) is 0 Å². The summed E-state index contributed by atoms with van der Waals surface area (Å²) in [6, 6.07) is 0. The lowest BCUT2D eigenvalue weighted by Crippen LogP contribution is -2.37.